The maximum absolute atomic E-state index is 10.4. The normalized spacial score (nSPS) is 12.3. The summed E-state index contributed by atoms with van der Waals surface area (Å²) in [6, 6.07) is 0. The lowest BCUT2D eigenvalue weighted by atomic mass is 10.4. The van der Waals surface area contributed by atoms with Crippen molar-refractivity contribution < 1.29 is 24.5 Å². The SMILES string of the molecule is CCOC(=O)OCC(O)CO. The summed E-state index contributed by atoms with van der Waals surface area (Å²) in [4.78, 5) is 10.4. The summed E-state index contributed by atoms with van der Waals surface area (Å²) >= 11 is 0. The van der Waals surface area contributed by atoms with Gasteiger partial charge in [-0.1, -0.05) is 0 Å². The van der Waals surface area contributed by atoms with Gasteiger partial charge < -0.3 is 19.7 Å². The van der Waals surface area contributed by atoms with Gasteiger partial charge in [-0.05, 0) is 6.92 Å². The van der Waals surface area contributed by atoms with Crippen LogP contribution in [-0.4, -0.2) is 42.3 Å². The van der Waals surface area contributed by atoms with Gasteiger partial charge in [0, 0.05) is 0 Å². The summed E-state index contributed by atoms with van der Waals surface area (Å²) in [5, 5.41) is 17.0. The molecular formula is C6H12O5. The molecule has 0 radical (unpaired) electrons. The molecule has 0 amide bonds. The molecule has 0 aromatic carbocycles. The Morgan fingerprint density at radius 2 is 2.18 bits per heavy atom. The zero-order valence-corrected chi connectivity index (χ0v) is 6.32. The maximum atomic E-state index is 10.4. The molecule has 0 aliphatic carbocycles. The van der Waals surface area contributed by atoms with Gasteiger partial charge in [0.25, 0.3) is 0 Å². The fourth-order valence-corrected chi connectivity index (χ4v) is 0.376. The van der Waals surface area contributed by atoms with Gasteiger partial charge in [-0.25, -0.2) is 4.79 Å². The molecule has 0 spiro atoms. The Morgan fingerprint density at radius 1 is 1.55 bits per heavy atom. The highest BCUT2D eigenvalue weighted by molar-refractivity contribution is 5.59. The van der Waals surface area contributed by atoms with Crippen molar-refractivity contribution in [1.82, 2.24) is 0 Å². The zero-order valence-electron chi connectivity index (χ0n) is 6.32. The van der Waals surface area contributed by atoms with Crippen LogP contribution in [0, 0.1) is 0 Å². The molecule has 0 saturated carbocycles. The van der Waals surface area contributed by atoms with Crippen molar-refractivity contribution in [2.75, 3.05) is 19.8 Å². The third kappa shape index (κ3) is 5.63. The van der Waals surface area contributed by atoms with Crippen molar-refractivity contribution in [3.8, 4) is 0 Å². The first kappa shape index (κ1) is 10.2. The molecular weight excluding hydrogens is 152 g/mol. The summed E-state index contributed by atoms with van der Waals surface area (Å²) in [5.74, 6) is 0. The molecule has 0 heterocycles. The smallest absolute Gasteiger partial charge is 0.435 e. The Labute approximate surface area is 64.5 Å². The minimum absolute atomic E-state index is 0.230. The monoisotopic (exact) mass is 164 g/mol. The van der Waals surface area contributed by atoms with Gasteiger partial charge in [-0.15, -0.1) is 0 Å². The van der Waals surface area contributed by atoms with Crippen LogP contribution in [-0.2, 0) is 9.47 Å². The first-order valence-electron chi connectivity index (χ1n) is 3.29. The van der Waals surface area contributed by atoms with Crippen LogP contribution in [0.15, 0.2) is 0 Å². The van der Waals surface area contributed by atoms with Crippen LogP contribution in [0.2, 0.25) is 0 Å². The lowest BCUT2D eigenvalue weighted by Gasteiger charge is -2.07. The van der Waals surface area contributed by atoms with Crippen molar-refractivity contribution in [3.63, 3.8) is 0 Å². The molecule has 66 valence electrons. The summed E-state index contributed by atoms with van der Waals surface area (Å²) < 4.78 is 8.75. The van der Waals surface area contributed by atoms with Gasteiger partial charge in [0.2, 0.25) is 0 Å². The molecule has 0 bridgehead atoms. The van der Waals surface area contributed by atoms with Gasteiger partial charge in [0.05, 0.1) is 13.2 Å². The number of hydrogen-bond donors (Lipinski definition) is 2. The Balaban J connectivity index is 3.30. The predicted octanol–water partition coefficient (Wildman–Crippen LogP) is -0.487. The molecule has 0 saturated heterocycles. The third-order valence-corrected chi connectivity index (χ3v) is 0.867. The first-order chi connectivity index (χ1) is 5.20. The molecule has 1 atom stereocenters. The molecule has 2 N–H and O–H groups in total. The standard InChI is InChI=1S/C6H12O5/c1-2-10-6(9)11-4-5(8)3-7/h5,7-8H,2-4H2,1H3. The average Bonchev–Trinajstić information content (AvgIpc) is 2.01. The van der Waals surface area contributed by atoms with E-state index in [0.717, 1.165) is 0 Å². The van der Waals surface area contributed by atoms with Crippen LogP contribution >= 0.6 is 0 Å². The highest BCUT2D eigenvalue weighted by Gasteiger charge is 2.06. The van der Waals surface area contributed by atoms with Gasteiger partial charge in [0.15, 0.2) is 0 Å². The molecule has 5 heteroatoms. The van der Waals surface area contributed by atoms with E-state index in [4.69, 9.17) is 10.2 Å². The molecule has 0 aliphatic heterocycles. The summed E-state index contributed by atoms with van der Waals surface area (Å²) in [6.07, 6.45) is -1.86. The van der Waals surface area contributed by atoms with Crippen molar-refractivity contribution in [2.45, 2.75) is 13.0 Å². The van der Waals surface area contributed by atoms with E-state index in [1.54, 1.807) is 6.92 Å². The molecule has 0 aromatic rings. The second-order valence-electron chi connectivity index (χ2n) is 1.83. The molecule has 0 rings (SSSR count). The highest BCUT2D eigenvalue weighted by Crippen LogP contribution is 1.88. The van der Waals surface area contributed by atoms with Gasteiger partial charge in [-0.2, -0.15) is 0 Å². The third-order valence-electron chi connectivity index (χ3n) is 0.867. The number of aliphatic hydroxyl groups is 2. The second kappa shape index (κ2) is 5.94. The van der Waals surface area contributed by atoms with E-state index in [9.17, 15) is 4.79 Å². The zero-order chi connectivity index (χ0) is 8.69. The second-order valence-corrected chi connectivity index (χ2v) is 1.83. The molecule has 11 heavy (non-hydrogen) atoms. The summed E-state index contributed by atoms with van der Waals surface area (Å²) in [5.41, 5.74) is 0. The average molecular weight is 164 g/mol. The van der Waals surface area contributed by atoms with Gasteiger partial charge in [0.1, 0.15) is 12.7 Å². The summed E-state index contributed by atoms with van der Waals surface area (Å²) in [6.45, 7) is 1.20. The molecule has 1 unspecified atom stereocenters. The van der Waals surface area contributed by atoms with E-state index in [1.807, 2.05) is 0 Å². The lowest BCUT2D eigenvalue weighted by molar-refractivity contribution is 0.00234. The Bertz CT molecular complexity index is 114. The minimum atomic E-state index is -1.03. The van der Waals surface area contributed by atoms with E-state index in [1.165, 1.54) is 0 Å². The maximum Gasteiger partial charge on any atom is 0.508 e. The van der Waals surface area contributed by atoms with E-state index in [2.05, 4.69) is 9.47 Å². The van der Waals surface area contributed by atoms with Gasteiger partial charge >= 0.3 is 6.16 Å². The van der Waals surface area contributed by atoms with E-state index in [-0.39, 0.29) is 13.2 Å². The van der Waals surface area contributed by atoms with E-state index < -0.39 is 18.9 Å². The topological polar surface area (TPSA) is 76.0 Å². The predicted molar refractivity (Wildman–Crippen MR) is 36.1 cm³/mol. The number of aliphatic hydroxyl groups excluding tert-OH is 2. The fraction of sp³-hybridized carbons (Fsp3) is 0.833. The Morgan fingerprint density at radius 3 is 2.64 bits per heavy atom. The Kier molecular flexibility index (Phi) is 5.50. The van der Waals surface area contributed by atoms with Crippen LogP contribution in [0.4, 0.5) is 4.79 Å². The van der Waals surface area contributed by atoms with Crippen molar-refractivity contribution in [1.29, 1.82) is 0 Å². The molecule has 0 fully saturated rings. The van der Waals surface area contributed by atoms with Crippen molar-refractivity contribution in [2.24, 2.45) is 0 Å². The first-order valence-corrected chi connectivity index (χ1v) is 3.29. The quantitative estimate of drug-likeness (QED) is 0.548. The van der Waals surface area contributed by atoms with Crippen LogP contribution < -0.4 is 0 Å². The van der Waals surface area contributed by atoms with Crippen molar-refractivity contribution in [3.05, 3.63) is 0 Å². The lowest BCUT2D eigenvalue weighted by Crippen LogP contribution is -2.22. The minimum Gasteiger partial charge on any atom is -0.435 e. The molecule has 5 nitrogen and oxygen atoms in total. The fourth-order valence-electron chi connectivity index (χ4n) is 0.376. The number of rotatable bonds is 4. The number of hydrogen-bond acceptors (Lipinski definition) is 5. The van der Waals surface area contributed by atoms with Crippen LogP contribution in [0.1, 0.15) is 6.92 Å². The molecule has 0 aromatic heterocycles. The van der Waals surface area contributed by atoms with Gasteiger partial charge in [-0.3, -0.25) is 0 Å². The van der Waals surface area contributed by atoms with Crippen LogP contribution in [0.25, 0.3) is 0 Å². The summed E-state index contributed by atoms with van der Waals surface area (Å²) in [7, 11) is 0. The highest BCUT2D eigenvalue weighted by atomic mass is 16.7. The largest absolute Gasteiger partial charge is 0.508 e. The van der Waals surface area contributed by atoms with E-state index >= 15 is 0 Å². The Hall–Kier alpha value is -0.810. The van der Waals surface area contributed by atoms with Crippen molar-refractivity contribution >= 4 is 6.16 Å². The van der Waals surface area contributed by atoms with Crippen LogP contribution in [0.5, 0.6) is 0 Å². The molecule has 0 aliphatic rings. The number of ether oxygens (including phenoxy) is 2. The number of carbonyl (C=O) groups excluding carboxylic acids is 1. The van der Waals surface area contributed by atoms with E-state index in [0.29, 0.717) is 0 Å². The number of carbonyl (C=O) groups is 1. The van der Waals surface area contributed by atoms with Crippen LogP contribution in [0.3, 0.4) is 0 Å².